The number of hydrogen-bond acceptors (Lipinski definition) is 4. The predicted octanol–water partition coefficient (Wildman–Crippen LogP) is 6.96. The average Bonchev–Trinajstić information content (AvgIpc) is 2.85. The van der Waals surface area contributed by atoms with Gasteiger partial charge in [-0.25, -0.2) is 4.98 Å². The molecule has 0 aliphatic carbocycles. The maximum Gasteiger partial charge on any atom is 0.309 e. The van der Waals surface area contributed by atoms with Crippen LogP contribution in [0, 0.1) is 5.41 Å². The Balaban J connectivity index is 1.57. The van der Waals surface area contributed by atoms with Crippen LogP contribution in [0.3, 0.4) is 0 Å². The highest BCUT2D eigenvalue weighted by molar-refractivity contribution is 5.91. The van der Waals surface area contributed by atoms with Crippen LogP contribution in [-0.2, 0) is 21.6 Å². The van der Waals surface area contributed by atoms with Crippen molar-refractivity contribution in [2.45, 2.75) is 59.5 Å². The summed E-state index contributed by atoms with van der Waals surface area (Å²) in [4.78, 5) is 28.2. The second-order valence-electron chi connectivity index (χ2n) is 10.8. The third-order valence-electron chi connectivity index (χ3n) is 6.11. The normalized spacial score (nSPS) is 11.9. The predicted molar refractivity (Wildman–Crippen MR) is 148 cm³/mol. The Hall–Kier alpha value is -3.93. The fraction of sp³-hybridized carbons (Fsp3) is 0.323. The first-order valence-corrected chi connectivity index (χ1v) is 12.4. The quantitative estimate of drug-likeness (QED) is 0.314. The molecule has 0 aliphatic rings. The molecule has 0 saturated heterocycles. The van der Waals surface area contributed by atoms with Crippen molar-refractivity contribution in [2.75, 3.05) is 5.32 Å². The van der Waals surface area contributed by atoms with Gasteiger partial charge in [0, 0.05) is 12.1 Å². The molecule has 3 rings (SSSR count). The molecule has 1 heterocycles. The van der Waals surface area contributed by atoms with Gasteiger partial charge in [-0.2, -0.15) is 0 Å². The molecule has 37 heavy (non-hydrogen) atoms. The minimum Gasteiger partial charge on any atom is -0.487 e. The minimum absolute atomic E-state index is 0.102. The number of aliphatic carboxylic acids is 1. The lowest BCUT2D eigenvalue weighted by molar-refractivity contribution is -0.147. The molecule has 0 atom stereocenters. The molecule has 1 amide bonds. The molecule has 194 valence electrons. The molecule has 0 spiro atoms. The van der Waals surface area contributed by atoms with Crippen molar-refractivity contribution in [3.63, 3.8) is 0 Å². The number of amides is 1. The Morgan fingerprint density at radius 2 is 1.65 bits per heavy atom. The monoisotopic (exact) mass is 500 g/mol. The van der Waals surface area contributed by atoms with Gasteiger partial charge in [0.05, 0.1) is 16.8 Å². The summed E-state index contributed by atoms with van der Waals surface area (Å²) in [6, 6.07) is 21.4. The topological polar surface area (TPSA) is 88.5 Å². The Labute approximate surface area is 219 Å². The standard InChI is InChI=1S/C31H36N2O4/c1-30(2,3)23-13-16-27(17-14-23)37-21-26-11-7-9-24(32-26)15-12-22-8-6-10-25(20-22)33-28(34)18-19-31(4,5)29(35)36/h6-17,20H,18-19,21H2,1-5H3,(H,33,34)(H,35,36). The summed E-state index contributed by atoms with van der Waals surface area (Å²) in [6.07, 6.45) is 4.25. The first-order valence-electron chi connectivity index (χ1n) is 12.4. The van der Waals surface area contributed by atoms with Crippen LogP contribution in [0.5, 0.6) is 5.75 Å². The summed E-state index contributed by atoms with van der Waals surface area (Å²) in [7, 11) is 0. The Bertz CT molecular complexity index is 1250. The van der Waals surface area contributed by atoms with Crippen LogP contribution in [0.4, 0.5) is 5.69 Å². The summed E-state index contributed by atoms with van der Waals surface area (Å²) < 4.78 is 5.92. The first kappa shape index (κ1) is 27.7. The third kappa shape index (κ3) is 8.60. The van der Waals surface area contributed by atoms with E-state index >= 15 is 0 Å². The van der Waals surface area contributed by atoms with E-state index in [2.05, 4.69) is 43.2 Å². The maximum absolute atomic E-state index is 12.3. The molecule has 6 nitrogen and oxygen atoms in total. The van der Waals surface area contributed by atoms with Crippen LogP contribution in [0.2, 0.25) is 0 Å². The van der Waals surface area contributed by atoms with Gasteiger partial charge in [0.25, 0.3) is 0 Å². The molecule has 2 aromatic carbocycles. The molecular weight excluding hydrogens is 464 g/mol. The van der Waals surface area contributed by atoms with Crippen molar-refractivity contribution in [1.29, 1.82) is 0 Å². The molecule has 0 radical (unpaired) electrons. The highest BCUT2D eigenvalue weighted by Crippen LogP contribution is 2.25. The number of nitrogens with zero attached hydrogens (tertiary/aromatic N) is 1. The number of hydrogen-bond donors (Lipinski definition) is 2. The number of ether oxygens (including phenoxy) is 1. The molecule has 0 unspecified atom stereocenters. The van der Waals surface area contributed by atoms with Gasteiger partial charge in [0.2, 0.25) is 5.91 Å². The van der Waals surface area contributed by atoms with E-state index < -0.39 is 11.4 Å². The number of carbonyl (C=O) groups is 2. The lowest BCUT2D eigenvalue weighted by atomic mass is 9.87. The largest absolute Gasteiger partial charge is 0.487 e. The number of nitrogens with one attached hydrogen (secondary N) is 1. The third-order valence-corrected chi connectivity index (χ3v) is 6.11. The van der Waals surface area contributed by atoms with Crippen LogP contribution in [0.25, 0.3) is 12.2 Å². The van der Waals surface area contributed by atoms with Gasteiger partial charge in [0.1, 0.15) is 12.4 Å². The lowest BCUT2D eigenvalue weighted by Gasteiger charge is -2.19. The summed E-state index contributed by atoms with van der Waals surface area (Å²) >= 11 is 0. The van der Waals surface area contributed by atoms with E-state index in [1.807, 2.05) is 66.7 Å². The highest BCUT2D eigenvalue weighted by Gasteiger charge is 2.27. The number of carboxylic acids is 1. The van der Waals surface area contributed by atoms with Crippen molar-refractivity contribution in [2.24, 2.45) is 5.41 Å². The van der Waals surface area contributed by atoms with E-state index in [-0.39, 0.29) is 24.2 Å². The number of carbonyl (C=O) groups excluding carboxylic acids is 1. The van der Waals surface area contributed by atoms with E-state index in [1.54, 1.807) is 13.8 Å². The van der Waals surface area contributed by atoms with Gasteiger partial charge in [-0.05, 0) is 79.3 Å². The summed E-state index contributed by atoms with van der Waals surface area (Å²) in [5.41, 5.74) is 3.62. The number of aromatic nitrogens is 1. The fourth-order valence-corrected chi connectivity index (χ4v) is 3.54. The zero-order chi connectivity index (χ0) is 27.1. The van der Waals surface area contributed by atoms with E-state index in [0.717, 1.165) is 22.7 Å². The van der Waals surface area contributed by atoms with Gasteiger partial charge < -0.3 is 15.2 Å². The smallest absolute Gasteiger partial charge is 0.309 e. The molecular formula is C31H36N2O4. The van der Waals surface area contributed by atoms with Crippen molar-refractivity contribution >= 4 is 29.7 Å². The highest BCUT2D eigenvalue weighted by atomic mass is 16.5. The fourth-order valence-electron chi connectivity index (χ4n) is 3.54. The summed E-state index contributed by atoms with van der Waals surface area (Å²) in [5.74, 6) is -0.314. The number of benzene rings is 2. The Kier molecular flexibility index (Phi) is 8.87. The zero-order valence-corrected chi connectivity index (χ0v) is 22.2. The number of anilines is 1. The van der Waals surface area contributed by atoms with E-state index in [1.165, 1.54) is 5.56 Å². The van der Waals surface area contributed by atoms with Crippen LogP contribution >= 0.6 is 0 Å². The minimum atomic E-state index is -0.939. The molecule has 0 aliphatic heterocycles. The molecule has 0 fully saturated rings. The first-order chi connectivity index (χ1) is 17.4. The van der Waals surface area contributed by atoms with Gasteiger partial charge in [0.15, 0.2) is 0 Å². The van der Waals surface area contributed by atoms with Crippen molar-refractivity contribution < 1.29 is 19.4 Å². The SMILES string of the molecule is CC(C)(CCC(=O)Nc1cccc(C=Cc2cccc(COc3ccc(C(C)(C)C)cc3)n2)c1)C(=O)O. The molecule has 2 N–H and O–H groups in total. The van der Waals surface area contributed by atoms with Crippen LogP contribution in [-0.4, -0.2) is 22.0 Å². The second kappa shape index (κ2) is 11.9. The Morgan fingerprint density at radius 3 is 2.32 bits per heavy atom. The van der Waals surface area contributed by atoms with Crippen molar-refractivity contribution in [3.05, 3.63) is 89.2 Å². The van der Waals surface area contributed by atoms with Crippen LogP contribution < -0.4 is 10.1 Å². The van der Waals surface area contributed by atoms with Crippen LogP contribution in [0.1, 0.15) is 70.0 Å². The van der Waals surface area contributed by atoms with Gasteiger partial charge in [-0.15, -0.1) is 0 Å². The molecule has 1 aromatic heterocycles. The molecule has 0 bridgehead atoms. The number of pyridine rings is 1. The van der Waals surface area contributed by atoms with Crippen molar-refractivity contribution in [1.82, 2.24) is 4.98 Å². The molecule has 6 heteroatoms. The maximum atomic E-state index is 12.3. The zero-order valence-electron chi connectivity index (χ0n) is 22.2. The average molecular weight is 501 g/mol. The second-order valence-corrected chi connectivity index (χ2v) is 10.8. The van der Waals surface area contributed by atoms with Crippen LogP contribution in [0.15, 0.2) is 66.7 Å². The van der Waals surface area contributed by atoms with Gasteiger partial charge >= 0.3 is 5.97 Å². The number of carboxylic acid groups (broad SMARTS) is 1. The van der Waals surface area contributed by atoms with Gasteiger partial charge in [-0.3, -0.25) is 9.59 Å². The van der Waals surface area contributed by atoms with E-state index in [4.69, 9.17) is 4.74 Å². The summed E-state index contributed by atoms with van der Waals surface area (Å²) in [6.45, 7) is 10.2. The lowest BCUT2D eigenvalue weighted by Crippen LogP contribution is -2.25. The molecule has 0 saturated carbocycles. The van der Waals surface area contributed by atoms with E-state index in [0.29, 0.717) is 12.3 Å². The Morgan fingerprint density at radius 1 is 0.946 bits per heavy atom. The summed E-state index contributed by atoms with van der Waals surface area (Å²) in [5, 5.41) is 12.1. The number of rotatable bonds is 10. The van der Waals surface area contributed by atoms with Crippen molar-refractivity contribution in [3.8, 4) is 5.75 Å². The van der Waals surface area contributed by atoms with Gasteiger partial charge in [-0.1, -0.05) is 57.2 Å². The van der Waals surface area contributed by atoms with E-state index in [9.17, 15) is 14.7 Å². The molecule has 3 aromatic rings.